The molecule has 0 aromatic rings. The van der Waals surface area contributed by atoms with Crippen LogP contribution >= 0.6 is 0 Å². The minimum absolute atomic E-state index is 0.705. The molecule has 0 saturated carbocycles. The van der Waals surface area contributed by atoms with Crippen LogP contribution in [0.3, 0.4) is 0 Å². The van der Waals surface area contributed by atoms with Gasteiger partial charge in [0.1, 0.15) is 6.10 Å². The van der Waals surface area contributed by atoms with Crippen LogP contribution in [0.1, 0.15) is 212 Å². The molecule has 0 rings (SSSR count). The van der Waals surface area contributed by atoms with E-state index in [-0.39, 0.29) is 0 Å². The molecule has 0 aromatic heterocycles. The highest BCUT2D eigenvalue weighted by molar-refractivity contribution is 5.05. The van der Waals surface area contributed by atoms with E-state index >= 15 is 0 Å². The maximum Gasteiger partial charge on any atom is 0.133 e. The van der Waals surface area contributed by atoms with Crippen LogP contribution in [0, 0.1) is 12.3 Å². The van der Waals surface area contributed by atoms with Crippen molar-refractivity contribution in [3.05, 3.63) is 12.2 Å². The van der Waals surface area contributed by atoms with E-state index in [1.165, 1.54) is 199 Å². The Bertz CT molecular complexity index is 501. The molecule has 230 valence electrons. The van der Waals surface area contributed by atoms with Crippen LogP contribution in [0.4, 0.5) is 0 Å². The normalized spacial score (nSPS) is 12.3. The molecule has 0 amide bonds. The summed E-state index contributed by atoms with van der Waals surface area (Å²) in [5, 5.41) is 9.25. The second-order valence-electron chi connectivity index (χ2n) is 12.4. The number of aliphatic hydroxyl groups excluding tert-OH is 1. The first-order valence-corrected chi connectivity index (χ1v) is 18.1. The molecular formula is C38H72O. The summed E-state index contributed by atoms with van der Waals surface area (Å²) >= 11 is 0. The van der Waals surface area contributed by atoms with Crippen LogP contribution in [0.2, 0.25) is 0 Å². The predicted molar refractivity (Wildman–Crippen MR) is 177 cm³/mol. The molecule has 1 unspecified atom stereocenters. The average molecular weight is 545 g/mol. The molecule has 1 atom stereocenters. The number of aliphatic hydroxyl groups is 1. The van der Waals surface area contributed by atoms with Gasteiger partial charge in [-0.25, -0.2) is 0 Å². The largest absolute Gasteiger partial charge is 0.377 e. The van der Waals surface area contributed by atoms with Gasteiger partial charge in [0.25, 0.3) is 0 Å². The van der Waals surface area contributed by atoms with Crippen molar-refractivity contribution in [2.45, 2.75) is 218 Å². The molecule has 1 heteroatoms. The molecule has 0 aromatic carbocycles. The summed E-state index contributed by atoms with van der Waals surface area (Å²) < 4.78 is 0. The maximum absolute atomic E-state index is 9.25. The Kier molecular flexibility index (Phi) is 34.6. The van der Waals surface area contributed by atoms with Gasteiger partial charge in [-0.1, -0.05) is 212 Å². The summed E-state index contributed by atoms with van der Waals surface area (Å²) in [6.07, 6.45) is 54.0. The third-order valence-corrected chi connectivity index (χ3v) is 8.46. The van der Waals surface area contributed by atoms with Gasteiger partial charge in [0.05, 0.1) is 0 Å². The van der Waals surface area contributed by atoms with E-state index in [9.17, 15) is 5.11 Å². The fraction of sp³-hybridized carbons (Fsp3) is 0.895. The van der Waals surface area contributed by atoms with E-state index in [1.807, 2.05) is 6.08 Å². The van der Waals surface area contributed by atoms with Crippen molar-refractivity contribution in [2.75, 3.05) is 0 Å². The molecule has 1 N–H and O–H groups in total. The van der Waals surface area contributed by atoms with Crippen LogP contribution in [-0.2, 0) is 0 Å². The van der Waals surface area contributed by atoms with E-state index in [4.69, 9.17) is 6.42 Å². The van der Waals surface area contributed by atoms with Crippen molar-refractivity contribution >= 4 is 0 Å². The first-order valence-electron chi connectivity index (χ1n) is 18.1. The second-order valence-corrected chi connectivity index (χ2v) is 12.4. The zero-order valence-corrected chi connectivity index (χ0v) is 26.9. The highest BCUT2D eigenvalue weighted by Gasteiger charge is 1.97. The molecule has 0 aliphatic carbocycles. The van der Waals surface area contributed by atoms with Crippen molar-refractivity contribution in [2.24, 2.45) is 0 Å². The van der Waals surface area contributed by atoms with Crippen molar-refractivity contribution in [1.82, 2.24) is 0 Å². The van der Waals surface area contributed by atoms with Gasteiger partial charge >= 0.3 is 0 Å². The van der Waals surface area contributed by atoms with Gasteiger partial charge in [0.2, 0.25) is 0 Å². The molecule has 1 nitrogen and oxygen atoms in total. The lowest BCUT2D eigenvalue weighted by molar-refractivity contribution is 0.280. The van der Waals surface area contributed by atoms with Gasteiger partial charge in [0, 0.05) is 0 Å². The fourth-order valence-electron chi connectivity index (χ4n) is 5.74. The highest BCUT2D eigenvalue weighted by atomic mass is 16.3. The molecule has 0 saturated heterocycles. The topological polar surface area (TPSA) is 20.2 Å². The Morgan fingerprint density at radius 2 is 0.667 bits per heavy atom. The second kappa shape index (κ2) is 35.3. The Hall–Kier alpha value is -0.740. The van der Waals surface area contributed by atoms with Gasteiger partial charge in [-0.05, 0) is 18.9 Å². The zero-order chi connectivity index (χ0) is 28.3. The monoisotopic (exact) mass is 545 g/mol. The molecule has 0 bridgehead atoms. The summed E-state index contributed by atoms with van der Waals surface area (Å²) in [6.45, 7) is 2.30. The average Bonchev–Trinajstić information content (AvgIpc) is 2.95. The first-order chi connectivity index (χ1) is 19.3. The number of rotatable bonds is 33. The van der Waals surface area contributed by atoms with E-state index in [2.05, 4.69) is 12.8 Å². The van der Waals surface area contributed by atoms with Gasteiger partial charge in [0.15, 0.2) is 0 Å². The Balaban J connectivity index is 3.06. The summed E-state index contributed by atoms with van der Waals surface area (Å²) in [6, 6.07) is 0. The van der Waals surface area contributed by atoms with E-state index in [1.54, 1.807) is 6.08 Å². The van der Waals surface area contributed by atoms with Gasteiger partial charge in [-0.3, -0.25) is 0 Å². The van der Waals surface area contributed by atoms with E-state index < -0.39 is 6.10 Å². The van der Waals surface area contributed by atoms with Gasteiger partial charge in [-0.15, -0.1) is 6.42 Å². The Labute approximate surface area is 247 Å². The standard InChI is InChI=1S/C38H72O/c1-3-5-6-7-8-9-10-11-12-13-14-15-16-17-18-19-20-21-22-23-24-25-26-27-28-29-30-31-32-33-34-35-36-37-38(39)4-2/h2,36-39H,3,5-35H2,1H3. The molecule has 0 aliphatic heterocycles. The Morgan fingerprint density at radius 3 is 0.897 bits per heavy atom. The first kappa shape index (κ1) is 38.3. The van der Waals surface area contributed by atoms with E-state index in [0.717, 1.165) is 6.42 Å². The lowest BCUT2D eigenvalue weighted by Crippen LogP contribution is -1.95. The van der Waals surface area contributed by atoms with Gasteiger partial charge < -0.3 is 5.11 Å². The summed E-state index contributed by atoms with van der Waals surface area (Å²) in [5.74, 6) is 2.31. The number of hydrogen-bond donors (Lipinski definition) is 1. The molecule has 0 heterocycles. The summed E-state index contributed by atoms with van der Waals surface area (Å²) in [7, 11) is 0. The molecule has 0 aliphatic rings. The number of allylic oxidation sites excluding steroid dienone is 1. The summed E-state index contributed by atoms with van der Waals surface area (Å²) in [5.41, 5.74) is 0. The third kappa shape index (κ3) is 35.2. The number of hydrogen-bond acceptors (Lipinski definition) is 1. The smallest absolute Gasteiger partial charge is 0.133 e. The van der Waals surface area contributed by atoms with Crippen LogP contribution in [0.15, 0.2) is 12.2 Å². The zero-order valence-electron chi connectivity index (χ0n) is 26.9. The van der Waals surface area contributed by atoms with Gasteiger partial charge in [-0.2, -0.15) is 0 Å². The Morgan fingerprint density at radius 1 is 0.436 bits per heavy atom. The SMILES string of the molecule is C#CC(O)C=CCCCCCCCCCCCCCCCCCCCCCCCCCCCCCCCCC. The molecule has 0 fully saturated rings. The van der Waals surface area contributed by atoms with Crippen molar-refractivity contribution < 1.29 is 5.11 Å². The molecule has 0 spiro atoms. The quantitative estimate of drug-likeness (QED) is 0.0495. The third-order valence-electron chi connectivity index (χ3n) is 8.46. The summed E-state index contributed by atoms with van der Waals surface area (Å²) in [4.78, 5) is 0. The highest BCUT2D eigenvalue weighted by Crippen LogP contribution is 2.16. The van der Waals surface area contributed by atoms with Crippen molar-refractivity contribution in [3.63, 3.8) is 0 Å². The lowest BCUT2D eigenvalue weighted by atomic mass is 10.0. The minimum Gasteiger partial charge on any atom is -0.377 e. The lowest BCUT2D eigenvalue weighted by Gasteiger charge is -2.04. The molecular weight excluding hydrogens is 472 g/mol. The van der Waals surface area contributed by atoms with Crippen molar-refractivity contribution in [3.8, 4) is 12.3 Å². The minimum atomic E-state index is -0.705. The maximum atomic E-state index is 9.25. The van der Waals surface area contributed by atoms with Crippen LogP contribution in [0.25, 0.3) is 0 Å². The number of terminal acetylenes is 1. The molecule has 39 heavy (non-hydrogen) atoms. The van der Waals surface area contributed by atoms with Crippen LogP contribution in [0.5, 0.6) is 0 Å². The fourth-order valence-corrected chi connectivity index (χ4v) is 5.74. The van der Waals surface area contributed by atoms with Crippen LogP contribution in [-0.4, -0.2) is 11.2 Å². The van der Waals surface area contributed by atoms with Crippen LogP contribution < -0.4 is 0 Å². The van der Waals surface area contributed by atoms with E-state index in [0.29, 0.717) is 0 Å². The van der Waals surface area contributed by atoms with Crippen molar-refractivity contribution in [1.29, 1.82) is 0 Å². The molecule has 0 radical (unpaired) electrons. The predicted octanol–water partition coefficient (Wildman–Crippen LogP) is 13.0. The number of unbranched alkanes of at least 4 members (excludes halogenated alkanes) is 31.